The lowest BCUT2D eigenvalue weighted by Crippen LogP contribution is -2.25. The van der Waals surface area contributed by atoms with E-state index < -0.39 is 0 Å². The van der Waals surface area contributed by atoms with Gasteiger partial charge in [-0.25, -0.2) is 4.98 Å². The molecule has 0 amide bonds. The van der Waals surface area contributed by atoms with Crippen molar-refractivity contribution in [2.24, 2.45) is 0 Å². The van der Waals surface area contributed by atoms with E-state index in [0.29, 0.717) is 6.67 Å². The number of para-hydroxylation sites is 2. The standard InChI is InChI=1S/C68H66N4O/c1-65(2,3)52-36-47(46-22-14-11-15-23-46)37-54(38-52)70-45-71(61-29-21-20-28-60(61)70)55-39-53(66(4,5)6)40-57(43-55)73-56-31-33-59-58-32-30-50(67(7,8)48-24-16-12-17-25-48)41-62(58)72(63(59)44-56)64-42-51(34-35-69-64)68(9,10)49-26-18-13-19-27-49/h11-44H,45H2,1-10H3. The molecule has 0 N–H and O–H groups in total. The van der Waals surface area contributed by atoms with Gasteiger partial charge in [-0.3, -0.25) is 4.57 Å². The highest BCUT2D eigenvalue weighted by Gasteiger charge is 2.32. The Morgan fingerprint density at radius 1 is 0.384 bits per heavy atom. The zero-order valence-corrected chi connectivity index (χ0v) is 44.0. The topological polar surface area (TPSA) is 33.5 Å². The summed E-state index contributed by atoms with van der Waals surface area (Å²) in [6, 6.07) is 72.9. The van der Waals surface area contributed by atoms with Gasteiger partial charge in [-0.1, -0.05) is 191 Å². The van der Waals surface area contributed by atoms with Crippen LogP contribution >= 0.6 is 0 Å². The second-order valence-corrected chi connectivity index (χ2v) is 23.1. The molecular weight excluding hydrogens is 889 g/mol. The molecule has 2 aromatic heterocycles. The number of aromatic nitrogens is 2. The molecule has 0 fully saturated rings. The Bertz CT molecular complexity index is 3650. The largest absolute Gasteiger partial charge is 0.457 e. The molecule has 0 atom stereocenters. The van der Waals surface area contributed by atoms with Crippen LogP contribution in [-0.4, -0.2) is 16.2 Å². The van der Waals surface area contributed by atoms with Crippen molar-refractivity contribution >= 4 is 44.6 Å². The number of hydrogen-bond acceptors (Lipinski definition) is 4. The first kappa shape index (κ1) is 47.4. The summed E-state index contributed by atoms with van der Waals surface area (Å²) in [4.78, 5) is 10.0. The first-order chi connectivity index (χ1) is 34.9. The maximum Gasteiger partial charge on any atom is 0.137 e. The summed E-state index contributed by atoms with van der Waals surface area (Å²) in [5.41, 5.74) is 15.9. The van der Waals surface area contributed by atoms with Gasteiger partial charge >= 0.3 is 0 Å². The molecule has 73 heavy (non-hydrogen) atoms. The van der Waals surface area contributed by atoms with Crippen LogP contribution in [0.2, 0.25) is 0 Å². The average Bonchev–Trinajstić information content (AvgIpc) is 3.95. The van der Waals surface area contributed by atoms with Crippen molar-refractivity contribution in [2.75, 3.05) is 16.5 Å². The van der Waals surface area contributed by atoms with E-state index in [1.54, 1.807) is 0 Å². The Labute approximate surface area is 432 Å². The molecule has 11 rings (SSSR count). The van der Waals surface area contributed by atoms with Gasteiger partial charge in [0.1, 0.15) is 24.0 Å². The predicted octanol–water partition coefficient (Wildman–Crippen LogP) is 18.1. The second-order valence-electron chi connectivity index (χ2n) is 23.1. The van der Waals surface area contributed by atoms with E-state index in [1.165, 1.54) is 61.3 Å². The number of fused-ring (bicyclic) bond motifs is 4. The quantitative estimate of drug-likeness (QED) is 0.137. The molecule has 0 saturated carbocycles. The predicted molar refractivity (Wildman–Crippen MR) is 307 cm³/mol. The Morgan fingerprint density at radius 2 is 0.890 bits per heavy atom. The first-order valence-corrected chi connectivity index (χ1v) is 25.8. The van der Waals surface area contributed by atoms with Crippen LogP contribution in [-0.2, 0) is 21.7 Å². The van der Waals surface area contributed by atoms with E-state index in [0.717, 1.165) is 45.1 Å². The maximum atomic E-state index is 7.12. The first-order valence-electron chi connectivity index (χ1n) is 25.8. The van der Waals surface area contributed by atoms with Crippen LogP contribution in [0, 0.1) is 0 Å². The van der Waals surface area contributed by atoms with E-state index in [9.17, 15) is 0 Å². The molecule has 0 bridgehead atoms. The van der Waals surface area contributed by atoms with Gasteiger partial charge in [0.15, 0.2) is 0 Å². The SMILES string of the molecule is CC(C)(C)c1cc(Oc2ccc3c4ccc(C(C)(C)c5ccccc5)cc4n(-c4cc(C(C)(C)c5ccccc5)ccn4)c3c2)cc(N2CN(c3cc(-c4ccccc4)cc(C(C)(C)C)c3)c3ccccc32)c1. The van der Waals surface area contributed by atoms with E-state index in [2.05, 4.69) is 284 Å². The van der Waals surface area contributed by atoms with Crippen LogP contribution in [0.15, 0.2) is 206 Å². The van der Waals surface area contributed by atoms with Gasteiger partial charge in [-0.15, -0.1) is 0 Å². The van der Waals surface area contributed by atoms with Gasteiger partial charge in [-0.05, 0) is 122 Å². The third-order valence-electron chi connectivity index (χ3n) is 15.4. The van der Waals surface area contributed by atoms with E-state index in [-0.39, 0.29) is 21.7 Å². The summed E-state index contributed by atoms with van der Waals surface area (Å²) in [6.07, 6.45) is 1.96. The molecular formula is C68H66N4O. The summed E-state index contributed by atoms with van der Waals surface area (Å²) in [5, 5.41) is 2.31. The van der Waals surface area contributed by atoms with Crippen molar-refractivity contribution in [1.29, 1.82) is 0 Å². The van der Waals surface area contributed by atoms with Crippen LogP contribution in [0.3, 0.4) is 0 Å². The van der Waals surface area contributed by atoms with Crippen LogP contribution in [0.25, 0.3) is 38.8 Å². The molecule has 0 saturated heterocycles. The van der Waals surface area contributed by atoms with E-state index in [4.69, 9.17) is 9.72 Å². The van der Waals surface area contributed by atoms with Crippen LogP contribution in [0.4, 0.5) is 22.7 Å². The van der Waals surface area contributed by atoms with Crippen molar-refractivity contribution in [2.45, 2.75) is 90.9 Å². The average molecular weight is 955 g/mol. The van der Waals surface area contributed by atoms with Gasteiger partial charge in [0.25, 0.3) is 0 Å². The summed E-state index contributed by atoms with van der Waals surface area (Å²) >= 11 is 0. The molecule has 3 heterocycles. The summed E-state index contributed by atoms with van der Waals surface area (Å²) < 4.78 is 9.47. The molecule has 0 radical (unpaired) electrons. The minimum Gasteiger partial charge on any atom is -0.457 e. The number of hydrogen-bond donors (Lipinski definition) is 0. The van der Waals surface area contributed by atoms with Gasteiger partial charge in [0.2, 0.25) is 0 Å². The molecule has 364 valence electrons. The number of rotatable bonds is 10. The molecule has 1 aliphatic heterocycles. The zero-order chi connectivity index (χ0) is 50.9. The fraction of sp³-hybridized carbons (Fsp3) is 0.221. The van der Waals surface area contributed by atoms with E-state index in [1.807, 2.05) is 6.20 Å². The lowest BCUT2D eigenvalue weighted by atomic mass is 9.78. The highest BCUT2D eigenvalue weighted by Crippen LogP contribution is 2.48. The van der Waals surface area contributed by atoms with Crippen molar-refractivity contribution < 1.29 is 4.74 Å². The van der Waals surface area contributed by atoms with Crippen molar-refractivity contribution in [1.82, 2.24) is 9.55 Å². The highest BCUT2D eigenvalue weighted by atomic mass is 16.5. The van der Waals surface area contributed by atoms with Crippen molar-refractivity contribution in [3.63, 3.8) is 0 Å². The number of anilines is 4. The Kier molecular flexibility index (Phi) is 11.7. The Balaban J connectivity index is 1.02. The van der Waals surface area contributed by atoms with Crippen LogP contribution < -0.4 is 14.5 Å². The zero-order valence-electron chi connectivity index (χ0n) is 44.0. The Hall–Kier alpha value is -7.89. The van der Waals surface area contributed by atoms with Crippen molar-refractivity contribution in [3.8, 4) is 28.4 Å². The monoisotopic (exact) mass is 955 g/mol. The molecule has 8 aromatic carbocycles. The minimum absolute atomic E-state index is 0.0365. The lowest BCUT2D eigenvalue weighted by Gasteiger charge is -2.27. The van der Waals surface area contributed by atoms with E-state index >= 15 is 0 Å². The van der Waals surface area contributed by atoms with Gasteiger partial charge in [-0.2, -0.15) is 0 Å². The molecule has 0 unspecified atom stereocenters. The molecule has 10 aromatic rings. The van der Waals surface area contributed by atoms with Gasteiger partial charge in [0.05, 0.1) is 22.4 Å². The molecule has 5 nitrogen and oxygen atoms in total. The second kappa shape index (κ2) is 18.0. The third kappa shape index (κ3) is 8.86. The van der Waals surface area contributed by atoms with Gasteiger partial charge < -0.3 is 14.5 Å². The minimum atomic E-state index is -0.253. The molecule has 1 aliphatic rings. The third-order valence-corrected chi connectivity index (χ3v) is 15.4. The smallest absolute Gasteiger partial charge is 0.137 e. The lowest BCUT2D eigenvalue weighted by molar-refractivity contribution is 0.479. The normalized spacial score (nSPS) is 13.2. The number of benzene rings is 8. The van der Waals surface area contributed by atoms with Crippen LogP contribution in [0.5, 0.6) is 11.5 Å². The van der Waals surface area contributed by atoms with Crippen molar-refractivity contribution in [3.05, 3.63) is 240 Å². The highest BCUT2D eigenvalue weighted by molar-refractivity contribution is 6.10. The Morgan fingerprint density at radius 3 is 1.48 bits per heavy atom. The summed E-state index contributed by atoms with van der Waals surface area (Å²) in [5.74, 6) is 2.42. The number of nitrogens with zero attached hydrogens (tertiary/aromatic N) is 4. The summed E-state index contributed by atoms with van der Waals surface area (Å²) in [6.45, 7) is 23.6. The summed E-state index contributed by atoms with van der Waals surface area (Å²) in [7, 11) is 0. The number of ether oxygens (including phenoxy) is 1. The molecule has 5 heteroatoms. The maximum absolute atomic E-state index is 7.12. The fourth-order valence-electron chi connectivity index (χ4n) is 10.7. The number of pyridine rings is 1. The molecule has 0 spiro atoms. The fourth-order valence-corrected chi connectivity index (χ4v) is 10.7. The van der Waals surface area contributed by atoms with Gasteiger partial charge in [0, 0.05) is 51.3 Å². The van der Waals surface area contributed by atoms with Crippen LogP contribution in [0.1, 0.15) is 103 Å². The molecule has 0 aliphatic carbocycles.